The van der Waals surface area contributed by atoms with Crippen LogP contribution in [0.4, 0.5) is 0 Å². The van der Waals surface area contributed by atoms with Crippen LogP contribution in [0.2, 0.25) is 0 Å². The van der Waals surface area contributed by atoms with E-state index in [1.807, 2.05) is 19.1 Å². The van der Waals surface area contributed by atoms with Crippen LogP contribution in [0.3, 0.4) is 0 Å². The van der Waals surface area contributed by atoms with Gasteiger partial charge in [-0.25, -0.2) is 0 Å². The van der Waals surface area contributed by atoms with Crippen molar-refractivity contribution in [1.29, 1.82) is 0 Å². The average Bonchev–Trinajstić information content (AvgIpc) is 2.79. The normalized spacial score (nSPS) is 24.9. The zero-order valence-corrected chi connectivity index (χ0v) is 9.70. The van der Waals surface area contributed by atoms with Gasteiger partial charge < -0.3 is 5.11 Å². The third kappa shape index (κ3) is 2.20. The first kappa shape index (κ1) is 10.6. The van der Waals surface area contributed by atoms with E-state index >= 15 is 0 Å². The highest BCUT2D eigenvalue weighted by Gasteiger charge is 2.49. The zero-order chi connectivity index (χ0) is 11.1. The van der Waals surface area contributed by atoms with Crippen molar-refractivity contribution in [3.63, 3.8) is 0 Å². The molecule has 2 unspecified atom stereocenters. The minimum atomic E-state index is -0.228. The van der Waals surface area contributed by atoms with Gasteiger partial charge in [-0.15, -0.1) is 0 Å². The first-order valence-corrected chi connectivity index (χ1v) is 5.59. The number of aliphatic hydroxyl groups is 1. The van der Waals surface area contributed by atoms with Crippen molar-refractivity contribution >= 4 is 0 Å². The maximum atomic E-state index is 10.1. The molecule has 2 heteroatoms. The fraction of sp³-hybridized carbons (Fsp3) is 0.615. The molecular formula is C13H19NO. The van der Waals surface area contributed by atoms with Crippen LogP contribution in [0.15, 0.2) is 18.3 Å². The van der Waals surface area contributed by atoms with Crippen molar-refractivity contribution in [3.05, 3.63) is 29.6 Å². The molecule has 0 radical (unpaired) electrons. The molecule has 1 N–H and O–H groups in total. The van der Waals surface area contributed by atoms with Crippen LogP contribution in [-0.2, 0) is 6.42 Å². The number of hydrogen-bond acceptors (Lipinski definition) is 2. The van der Waals surface area contributed by atoms with E-state index in [4.69, 9.17) is 0 Å². The zero-order valence-electron chi connectivity index (χ0n) is 9.70. The van der Waals surface area contributed by atoms with Crippen LogP contribution < -0.4 is 0 Å². The van der Waals surface area contributed by atoms with E-state index in [0.29, 0.717) is 17.8 Å². The second-order valence-corrected chi connectivity index (χ2v) is 5.34. The fourth-order valence-corrected chi connectivity index (χ4v) is 2.24. The fourth-order valence-electron chi connectivity index (χ4n) is 2.24. The number of aromatic nitrogens is 1. The first-order valence-electron chi connectivity index (χ1n) is 5.59. The van der Waals surface area contributed by atoms with Gasteiger partial charge in [0, 0.05) is 18.3 Å². The molecule has 1 aliphatic carbocycles. The molecule has 15 heavy (non-hydrogen) atoms. The highest BCUT2D eigenvalue weighted by molar-refractivity contribution is 5.19. The molecule has 0 saturated heterocycles. The predicted molar refractivity (Wildman–Crippen MR) is 60.6 cm³/mol. The predicted octanol–water partition coefficient (Wildman–Crippen LogP) is 2.34. The lowest BCUT2D eigenvalue weighted by Gasteiger charge is -2.13. The van der Waals surface area contributed by atoms with Crippen molar-refractivity contribution in [3.8, 4) is 0 Å². The number of aliphatic hydroxyl groups excluding tert-OH is 1. The molecule has 1 aromatic heterocycles. The number of aryl methyl sites for hydroxylation is 1. The minimum absolute atomic E-state index is 0.228. The van der Waals surface area contributed by atoms with Crippen LogP contribution >= 0.6 is 0 Å². The molecule has 82 valence electrons. The second kappa shape index (κ2) is 3.60. The summed E-state index contributed by atoms with van der Waals surface area (Å²) in [6.07, 6.45) is 3.40. The Morgan fingerprint density at radius 1 is 1.60 bits per heavy atom. The highest BCUT2D eigenvalue weighted by atomic mass is 16.3. The standard InChI is InChI=1S/C13H19NO/c1-9-5-4-6-14-11(9)7-12(15)10-8-13(10,2)3/h4-6,10,12,15H,7-8H2,1-3H3. The molecule has 0 aromatic carbocycles. The lowest BCUT2D eigenvalue weighted by Crippen LogP contribution is -2.17. The van der Waals surface area contributed by atoms with E-state index < -0.39 is 0 Å². The van der Waals surface area contributed by atoms with Gasteiger partial charge in [0.25, 0.3) is 0 Å². The van der Waals surface area contributed by atoms with Crippen LogP contribution in [0.25, 0.3) is 0 Å². The molecule has 2 nitrogen and oxygen atoms in total. The van der Waals surface area contributed by atoms with E-state index in [2.05, 4.69) is 18.8 Å². The van der Waals surface area contributed by atoms with Gasteiger partial charge in [-0.05, 0) is 36.3 Å². The van der Waals surface area contributed by atoms with Crippen LogP contribution in [0.5, 0.6) is 0 Å². The van der Waals surface area contributed by atoms with Crippen LogP contribution in [0, 0.1) is 18.3 Å². The van der Waals surface area contributed by atoms with E-state index in [0.717, 1.165) is 12.1 Å². The molecule has 0 bridgehead atoms. The smallest absolute Gasteiger partial charge is 0.0629 e. The summed E-state index contributed by atoms with van der Waals surface area (Å²) < 4.78 is 0. The van der Waals surface area contributed by atoms with Crippen molar-refractivity contribution < 1.29 is 5.11 Å². The molecule has 0 aliphatic heterocycles. The maximum absolute atomic E-state index is 10.1. The Hall–Kier alpha value is -0.890. The summed E-state index contributed by atoms with van der Waals surface area (Å²) in [6.45, 7) is 6.48. The van der Waals surface area contributed by atoms with Crippen LogP contribution in [0.1, 0.15) is 31.5 Å². The Bertz CT molecular complexity index is 359. The van der Waals surface area contributed by atoms with E-state index in [1.165, 1.54) is 5.56 Å². The summed E-state index contributed by atoms with van der Waals surface area (Å²) in [6, 6.07) is 3.99. The third-order valence-corrected chi connectivity index (χ3v) is 3.57. The molecule has 1 heterocycles. The van der Waals surface area contributed by atoms with Crippen molar-refractivity contribution in [2.45, 2.75) is 39.7 Å². The Labute approximate surface area is 91.4 Å². The number of rotatable bonds is 3. The van der Waals surface area contributed by atoms with Crippen molar-refractivity contribution in [2.75, 3.05) is 0 Å². The van der Waals surface area contributed by atoms with Gasteiger partial charge in [-0.2, -0.15) is 0 Å². The molecule has 2 atom stereocenters. The lowest BCUT2D eigenvalue weighted by molar-refractivity contribution is 0.135. The summed E-state index contributed by atoms with van der Waals surface area (Å²) in [5.74, 6) is 0.457. The van der Waals surface area contributed by atoms with Gasteiger partial charge in [0.1, 0.15) is 0 Å². The van der Waals surface area contributed by atoms with Crippen molar-refractivity contribution in [1.82, 2.24) is 4.98 Å². The molecule has 1 aliphatic rings. The summed E-state index contributed by atoms with van der Waals surface area (Å²) >= 11 is 0. The maximum Gasteiger partial charge on any atom is 0.0629 e. The SMILES string of the molecule is Cc1cccnc1CC(O)C1CC1(C)C. The molecule has 1 fully saturated rings. The minimum Gasteiger partial charge on any atom is -0.392 e. The number of pyridine rings is 1. The van der Waals surface area contributed by atoms with E-state index in [1.54, 1.807) is 6.20 Å². The summed E-state index contributed by atoms with van der Waals surface area (Å²) in [5, 5.41) is 10.1. The Morgan fingerprint density at radius 2 is 2.27 bits per heavy atom. The second-order valence-electron chi connectivity index (χ2n) is 5.34. The lowest BCUT2D eigenvalue weighted by atomic mass is 10.0. The summed E-state index contributed by atoms with van der Waals surface area (Å²) in [4.78, 5) is 4.32. The average molecular weight is 205 g/mol. The largest absolute Gasteiger partial charge is 0.392 e. The molecule has 0 amide bonds. The van der Waals surface area contributed by atoms with Gasteiger partial charge in [-0.1, -0.05) is 19.9 Å². The Kier molecular flexibility index (Phi) is 2.55. The monoisotopic (exact) mass is 205 g/mol. The molecule has 1 saturated carbocycles. The Morgan fingerprint density at radius 3 is 2.80 bits per heavy atom. The number of nitrogens with zero attached hydrogens (tertiary/aromatic N) is 1. The first-order chi connectivity index (χ1) is 7.00. The van der Waals surface area contributed by atoms with E-state index in [9.17, 15) is 5.11 Å². The molecule has 0 spiro atoms. The quantitative estimate of drug-likeness (QED) is 0.821. The van der Waals surface area contributed by atoms with Gasteiger partial charge >= 0.3 is 0 Å². The Balaban J connectivity index is 2.01. The van der Waals surface area contributed by atoms with Crippen molar-refractivity contribution in [2.24, 2.45) is 11.3 Å². The third-order valence-electron chi connectivity index (χ3n) is 3.57. The van der Waals surface area contributed by atoms with Gasteiger partial charge in [0.15, 0.2) is 0 Å². The highest BCUT2D eigenvalue weighted by Crippen LogP contribution is 2.53. The topological polar surface area (TPSA) is 33.1 Å². The number of hydrogen-bond donors (Lipinski definition) is 1. The molecule has 1 aromatic rings. The molecule has 2 rings (SSSR count). The van der Waals surface area contributed by atoms with Gasteiger partial charge in [-0.3, -0.25) is 4.98 Å². The van der Waals surface area contributed by atoms with Crippen LogP contribution in [-0.4, -0.2) is 16.2 Å². The molecular weight excluding hydrogens is 186 g/mol. The van der Waals surface area contributed by atoms with Gasteiger partial charge in [0.05, 0.1) is 6.10 Å². The van der Waals surface area contributed by atoms with E-state index in [-0.39, 0.29) is 6.10 Å². The van der Waals surface area contributed by atoms with Gasteiger partial charge in [0.2, 0.25) is 0 Å². The summed E-state index contributed by atoms with van der Waals surface area (Å²) in [7, 11) is 0. The summed E-state index contributed by atoms with van der Waals surface area (Å²) in [5.41, 5.74) is 2.55.